The minimum Gasteiger partial charge on any atom is -0.453 e. The number of benzene rings is 2. The number of carbonyl (C=O) groups excluding carboxylic acids is 3. The Balaban J connectivity index is 1.27. The number of aromatic nitrogens is 2. The van der Waals surface area contributed by atoms with Gasteiger partial charge in [0.15, 0.2) is 5.75 Å². The number of ether oxygens (including phenoxy) is 2. The van der Waals surface area contributed by atoms with Gasteiger partial charge < -0.3 is 9.47 Å². The fourth-order valence-corrected chi connectivity index (χ4v) is 4.87. The van der Waals surface area contributed by atoms with Gasteiger partial charge in [0.1, 0.15) is 17.6 Å². The van der Waals surface area contributed by atoms with Crippen LogP contribution in [-0.2, 0) is 20.9 Å². The molecular weight excluding hydrogens is 450 g/mol. The van der Waals surface area contributed by atoms with E-state index in [0.717, 1.165) is 37.1 Å². The van der Waals surface area contributed by atoms with E-state index in [-0.39, 0.29) is 24.7 Å². The lowest BCUT2D eigenvalue weighted by Crippen LogP contribution is -2.53. The van der Waals surface area contributed by atoms with E-state index >= 15 is 0 Å². The molecular formula is C25H23N5O5. The molecule has 10 heteroatoms. The van der Waals surface area contributed by atoms with E-state index in [1.807, 2.05) is 6.07 Å². The SMILES string of the molecule is O=C1CCC(N2C(=O)c3cccc4c(Oc5cnc(CN6CCOCC6)nc5)ccc2c34)C(=O)N1. The summed E-state index contributed by atoms with van der Waals surface area (Å²) in [6.07, 6.45) is 3.78. The number of piperidine rings is 1. The molecule has 3 aliphatic rings. The third-order valence-electron chi connectivity index (χ3n) is 6.59. The molecule has 1 N–H and O–H groups in total. The van der Waals surface area contributed by atoms with Crippen LogP contribution in [0.5, 0.6) is 11.5 Å². The van der Waals surface area contributed by atoms with E-state index in [4.69, 9.17) is 9.47 Å². The first kappa shape index (κ1) is 21.6. The van der Waals surface area contributed by atoms with Crippen LogP contribution >= 0.6 is 0 Å². The summed E-state index contributed by atoms with van der Waals surface area (Å²) < 4.78 is 11.5. The molecule has 4 heterocycles. The molecule has 2 saturated heterocycles. The third kappa shape index (κ3) is 3.90. The molecule has 6 rings (SSSR count). The summed E-state index contributed by atoms with van der Waals surface area (Å²) in [5.74, 6) is 0.738. The van der Waals surface area contributed by atoms with Crippen molar-refractivity contribution in [2.45, 2.75) is 25.4 Å². The van der Waals surface area contributed by atoms with Gasteiger partial charge in [0.2, 0.25) is 11.8 Å². The van der Waals surface area contributed by atoms with Gasteiger partial charge in [-0.25, -0.2) is 9.97 Å². The maximum atomic E-state index is 13.3. The summed E-state index contributed by atoms with van der Waals surface area (Å²) in [5, 5.41) is 3.82. The van der Waals surface area contributed by atoms with E-state index in [1.54, 1.807) is 36.7 Å². The van der Waals surface area contributed by atoms with Gasteiger partial charge in [-0.05, 0) is 24.6 Å². The molecule has 35 heavy (non-hydrogen) atoms. The quantitative estimate of drug-likeness (QED) is 0.560. The Morgan fingerprint density at radius 3 is 2.63 bits per heavy atom. The standard InChI is InChI=1S/C25H23N5O5/c31-22-7-5-19(24(32)28-22)30-18-4-6-20(16-2-1-3-17(23(16)18)25(30)33)35-15-12-26-21(27-13-15)14-29-8-10-34-11-9-29/h1-4,6,12-13,19H,5,7-11,14H2,(H,28,31,32). The molecule has 2 fully saturated rings. The largest absolute Gasteiger partial charge is 0.453 e. The summed E-state index contributed by atoms with van der Waals surface area (Å²) in [7, 11) is 0. The molecule has 1 aromatic heterocycles. The molecule has 0 bridgehead atoms. The van der Waals surface area contributed by atoms with Crippen LogP contribution in [0.2, 0.25) is 0 Å². The van der Waals surface area contributed by atoms with Crippen LogP contribution in [0.3, 0.4) is 0 Å². The zero-order valence-electron chi connectivity index (χ0n) is 18.9. The first-order chi connectivity index (χ1) is 17.1. The van der Waals surface area contributed by atoms with Gasteiger partial charge in [0, 0.05) is 35.8 Å². The van der Waals surface area contributed by atoms with Crippen molar-refractivity contribution in [1.29, 1.82) is 0 Å². The van der Waals surface area contributed by atoms with Gasteiger partial charge in [-0.2, -0.15) is 0 Å². The average molecular weight is 473 g/mol. The van der Waals surface area contributed by atoms with E-state index in [9.17, 15) is 14.4 Å². The number of nitrogens with zero attached hydrogens (tertiary/aromatic N) is 4. The Bertz CT molecular complexity index is 1340. The first-order valence-corrected chi connectivity index (χ1v) is 11.6. The number of nitrogens with one attached hydrogen (secondary N) is 1. The van der Waals surface area contributed by atoms with Crippen molar-refractivity contribution in [3.8, 4) is 11.5 Å². The Hall–Kier alpha value is -3.89. The summed E-state index contributed by atoms with van der Waals surface area (Å²) in [4.78, 5) is 50.0. The van der Waals surface area contributed by atoms with Crippen molar-refractivity contribution in [3.05, 3.63) is 54.1 Å². The summed E-state index contributed by atoms with van der Waals surface area (Å²) >= 11 is 0. The van der Waals surface area contributed by atoms with Gasteiger partial charge in [-0.3, -0.25) is 29.5 Å². The molecule has 178 valence electrons. The van der Waals surface area contributed by atoms with Gasteiger partial charge in [0.25, 0.3) is 5.91 Å². The van der Waals surface area contributed by atoms with Gasteiger partial charge in [-0.1, -0.05) is 12.1 Å². The number of carbonyl (C=O) groups is 3. The number of hydrogen-bond acceptors (Lipinski definition) is 8. The minimum atomic E-state index is -0.727. The lowest BCUT2D eigenvalue weighted by atomic mass is 10.0. The molecule has 1 atom stereocenters. The summed E-state index contributed by atoms with van der Waals surface area (Å²) in [6, 6.07) is 8.25. The highest BCUT2D eigenvalue weighted by Gasteiger charge is 2.41. The van der Waals surface area contributed by atoms with E-state index < -0.39 is 11.9 Å². The molecule has 3 aromatic rings. The van der Waals surface area contributed by atoms with Crippen LogP contribution in [-0.4, -0.2) is 64.9 Å². The lowest BCUT2D eigenvalue weighted by molar-refractivity contribution is -0.134. The van der Waals surface area contributed by atoms with E-state index in [0.29, 0.717) is 35.1 Å². The number of anilines is 1. The molecule has 2 aromatic carbocycles. The lowest BCUT2D eigenvalue weighted by Gasteiger charge is -2.30. The predicted octanol–water partition coefficient (Wildman–Crippen LogP) is 2.02. The number of rotatable bonds is 5. The topological polar surface area (TPSA) is 114 Å². The van der Waals surface area contributed by atoms with Crippen molar-refractivity contribution in [1.82, 2.24) is 20.2 Å². The highest BCUT2D eigenvalue weighted by Crippen LogP contribution is 2.44. The Morgan fingerprint density at radius 2 is 1.86 bits per heavy atom. The van der Waals surface area contributed by atoms with Crippen molar-refractivity contribution < 1.29 is 23.9 Å². The van der Waals surface area contributed by atoms with Crippen molar-refractivity contribution >= 4 is 34.2 Å². The molecule has 10 nitrogen and oxygen atoms in total. The van der Waals surface area contributed by atoms with Crippen molar-refractivity contribution in [2.75, 3.05) is 31.2 Å². The van der Waals surface area contributed by atoms with Gasteiger partial charge >= 0.3 is 0 Å². The highest BCUT2D eigenvalue weighted by atomic mass is 16.5. The molecule has 0 spiro atoms. The number of hydrogen-bond donors (Lipinski definition) is 1. The van der Waals surface area contributed by atoms with Crippen molar-refractivity contribution in [3.63, 3.8) is 0 Å². The Labute approximate surface area is 200 Å². The van der Waals surface area contributed by atoms with Crippen molar-refractivity contribution in [2.24, 2.45) is 0 Å². The monoisotopic (exact) mass is 473 g/mol. The second kappa shape index (κ2) is 8.71. The number of imide groups is 1. The second-order valence-corrected chi connectivity index (χ2v) is 8.78. The molecule has 0 saturated carbocycles. The zero-order valence-corrected chi connectivity index (χ0v) is 18.9. The van der Waals surface area contributed by atoms with Crippen LogP contribution in [0.1, 0.15) is 29.0 Å². The fraction of sp³-hybridized carbons (Fsp3) is 0.320. The van der Waals surface area contributed by atoms with E-state index in [1.165, 1.54) is 4.90 Å². The van der Waals surface area contributed by atoms with Gasteiger partial charge in [-0.15, -0.1) is 0 Å². The van der Waals surface area contributed by atoms with Crippen LogP contribution in [0.15, 0.2) is 42.7 Å². The molecule has 3 aliphatic heterocycles. The molecule has 0 aliphatic carbocycles. The van der Waals surface area contributed by atoms with Crippen LogP contribution in [0.25, 0.3) is 10.8 Å². The smallest absolute Gasteiger partial charge is 0.259 e. The maximum absolute atomic E-state index is 13.3. The Kier molecular flexibility index (Phi) is 5.39. The minimum absolute atomic E-state index is 0.197. The number of morpholine rings is 1. The van der Waals surface area contributed by atoms with Gasteiger partial charge in [0.05, 0.1) is 37.8 Å². The maximum Gasteiger partial charge on any atom is 0.259 e. The fourth-order valence-electron chi connectivity index (χ4n) is 4.87. The highest BCUT2D eigenvalue weighted by molar-refractivity contribution is 6.27. The normalized spacial score (nSPS) is 20.4. The van der Waals surface area contributed by atoms with Crippen LogP contribution in [0, 0.1) is 0 Å². The average Bonchev–Trinajstić information content (AvgIpc) is 3.15. The Morgan fingerprint density at radius 1 is 1.06 bits per heavy atom. The zero-order chi connectivity index (χ0) is 23.9. The molecule has 3 amide bonds. The third-order valence-corrected chi connectivity index (χ3v) is 6.59. The van der Waals surface area contributed by atoms with Crippen LogP contribution in [0.4, 0.5) is 5.69 Å². The van der Waals surface area contributed by atoms with E-state index in [2.05, 4.69) is 20.2 Å². The predicted molar refractivity (Wildman–Crippen MR) is 125 cm³/mol. The molecule has 1 unspecified atom stereocenters. The molecule has 0 radical (unpaired) electrons. The van der Waals surface area contributed by atoms with Crippen LogP contribution < -0.4 is 15.0 Å². The summed E-state index contributed by atoms with van der Waals surface area (Å²) in [6.45, 7) is 3.81. The number of amides is 3. The second-order valence-electron chi connectivity index (χ2n) is 8.78. The summed E-state index contributed by atoms with van der Waals surface area (Å²) in [5.41, 5.74) is 1.14. The first-order valence-electron chi connectivity index (χ1n) is 11.6.